The van der Waals surface area contributed by atoms with Crippen LogP contribution in [-0.2, 0) is 0 Å². The summed E-state index contributed by atoms with van der Waals surface area (Å²) in [4.78, 5) is 3.75. The van der Waals surface area contributed by atoms with E-state index in [-0.39, 0.29) is 23.0 Å². The highest BCUT2D eigenvalue weighted by Gasteiger charge is 2.12. The zero-order valence-electron chi connectivity index (χ0n) is 8.04. The number of hydrogen-bond donors (Lipinski definition) is 0. The van der Waals surface area contributed by atoms with Gasteiger partial charge >= 0.3 is 6.08 Å². The molecule has 0 atom stereocenters. The topological polar surface area (TPSA) is 82.8 Å². The van der Waals surface area contributed by atoms with Gasteiger partial charge in [-0.15, -0.1) is 0 Å². The summed E-state index contributed by atoms with van der Waals surface area (Å²) in [6.45, 7) is 0. The van der Waals surface area contributed by atoms with E-state index in [0.717, 1.165) is 0 Å². The molecule has 0 amide bonds. The maximum atomic E-state index is 8.88. The van der Waals surface area contributed by atoms with E-state index in [1.54, 1.807) is 18.2 Å². The number of benzene rings is 1. The predicted octanol–water partition coefficient (Wildman–Crippen LogP) is 2.21. The predicted molar refractivity (Wildman–Crippen MR) is 52.4 cm³/mol. The van der Waals surface area contributed by atoms with E-state index in [1.807, 2.05) is 12.1 Å². The van der Waals surface area contributed by atoms with E-state index in [9.17, 15) is 0 Å². The van der Waals surface area contributed by atoms with E-state index in [2.05, 4.69) is 4.98 Å². The van der Waals surface area contributed by atoms with Crippen LogP contribution in [0.25, 0.3) is 0 Å². The zero-order valence-corrected chi connectivity index (χ0v) is 8.04. The molecule has 1 heterocycles. The number of aromatic nitrogens is 1. The van der Waals surface area contributed by atoms with Gasteiger partial charge in [0.2, 0.25) is 0 Å². The fraction of sp³-hybridized carbons (Fsp3) is 0. The molecule has 1 aromatic carbocycles. The monoisotopic (exact) mass is 211 g/mol. The van der Waals surface area contributed by atoms with Crippen LogP contribution in [0.3, 0.4) is 0 Å². The molecule has 0 unspecified atom stereocenters. The van der Waals surface area contributed by atoms with Gasteiger partial charge < -0.3 is 9.15 Å². The molecule has 76 valence electrons. The van der Waals surface area contributed by atoms with E-state index in [4.69, 9.17) is 19.7 Å². The second-order valence-corrected chi connectivity index (χ2v) is 2.81. The van der Waals surface area contributed by atoms with Crippen LogP contribution >= 0.6 is 0 Å². The van der Waals surface area contributed by atoms with Gasteiger partial charge in [-0.3, -0.25) is 0 Å². The van der Waals surface area contributed by atoms with Crippen LogP contribution in [0.2, 0.25) is 0 Å². The van der Waals surface area contributed by atoms with Crippen LogP contribution in [0, 0.1) is 22.7 Å². The van der Waals surface area contributed by atoms with Crippen molar-refractivity contribution in [1.82, 2.24) is 4.98 Å². The Kier molecular flexibility index (Phi) is 2.53. The second-order valence-electron chi connectivity index (χ2n) is 2.81. The number of hydrogen-bond acceptors (Lipinski definition) is 5. The first kappa shape index (κ1) is 9.75. The maximum Gasteiger partial charge on any atom is 0.399 e. The lowest BCUT2D eigenvalue weighted by Crippen LogP contribution is -1.92. The molecule has 0 saturated heterocycles. The number of para-hydroxylation sites is 1. The van der Waals surface area contributed by atoms with Crippen molar-refractivity contribution in [3.63, 3.8) is 0 Å². The van der Waals surface area contributed by atoms with Gasteiger partial charge in [0.15, 0.2) is 5.75 Å². The Bertz CT molecular complexity index is 544. The summed E-state index contributed by atoms with van der Waals surface area (Å²) in [7, 11) is 0. The fourth-order valence-electron chi connectivity index (χ4n) is 1.17. The summed E-state index contributed by atoms with van der Waals surface area (Å²) in [5.74, 6) is 0.162. The molecule has 0 aliphatic carbocycles. The smallest absolute Gasteiger partial charge is 0.399 e. The quantitative estimate of drug-likeness (QED) is 0.760. The third kappa shape index (κ3) is 1.70. The molecule has 0 radical (unpaired) electrons. The van der Waals surface area contributed by atoms with Crippen molar-refractivity contribution < 1.29 is 9.15 Å². The molecule has 5 heteroatoms. The van der Waals surface area contributed by atoms with E-state index in [0.29, 0.717) is 0 Å². The van der Waals surface area contributed by atoms with Crippen molar-refractivity contribution in [2.24, 2.45) is 0 Å². The third-order valence-corrected chi connectivity index (χ3v) is 1.85. The molecule has 2 rings (SSSR count). The summed E-state index contributed by atoms with van der Waals surface area (Å²) in [5, 5.41) is 17.8. The Hall–Kier alpha value is -2.79. The molecule has 0 aliphatic heterocycles. The van der Waals surface area contributed by atoms with Gasteiger partial charge in [-0.1, -0.05) is 6.07 Å². The van der Waals surface area contributed by atoms with E-state index >= 15 is 0 Å². The lowest BCUT2D eigenvalue weighted by Gasteiger charge is -2.04. The first-order valence-corrected chi connectivity index (χ1v) is 4.35. The van der Waals surface area contributed by atoms with Crippen LogP contribution in [0.4, 0.5) is 0 Å². The second kappa shape index (κ2) is 4.16. The Labute approximate surface area is 91.1 Å². The van der Waals surface area contributed by atoms with Crippen LogP contribution in [0.15, 0.2) is 35.1 Å². The van der Waals surface area contributed by atoms with Gasteiger partial charge in [-0.05, 0) is 12.1 Å². The SMILES string of the molecule is N#Cc1cccc(C#N)c1Oc1ncco1. The van der Waals surface area contributed by atoms with Crippen molar-refractivity contribution in [2.45, 2.75) is 0 Å². The molecule has 0 N–H and O–H groups in total. The van der Waals surface area contributed by atoms with Crippen molar-refractivity contribution >= 4 is 0 Å². The van der Waals surface area contributed by atoms with Gasteiger partial charge in [-0.2, -0.15) is 15.5 Å². The standard InChI is InChI=1S/C11H5N3O2/c12-6-8-2-1-3-9(7-13)10(8)16-11-14-4-5-15-11/h1-5H. The summed E-state index contributed by atoms with van der Waals surface area (Å²) < 4.78 is 10.1. The molecule has 16 heavy (non-hydrogen) atoms. The minimum atomic E-state index is -0.000741. The normalized spacial score (nSPS) is 9.12. The van der Waals surface area contributed by atoms with Crippen LogP contribution in [0.1, 0.15) is 11.1 Å². The molecular weight excluding hydrogens is 206 g/mol. The number of nitrogens with zero attached hydrogens (tertiary/aromatic N) is 3. The molecular formula is C11H5N3O2. The Morgan fingerprint density at radius 3 is 2.38 bits per heavy atom. The molecule has 2 aromatic rings. The zero-order chi connectivity index (χ0) is 11.4. The number of ether oxygens (including phenoxy) is 1. The molecule has 0 saturated carbocycles. The lowest BCUT2D eigenvalue weighted by atomic mass is 10.1. The molecule has 0 bridgehead atoms. The Balaban J connectivity index is 2.47. The average Bonchev–Trinajstić information content (AvgIpc) is 2.82. The summed E-state index contributed by atoms with van der Waals surface area (Å²) >= 11 is 0. The molecule has 0 spiro atoms. The highest BCUT2D eigenvalue weighted by atomic mass is 16.6. The van der Waals surface area contributed by atoms with Gasteiger partial charge in [0.1, 0.15) is 18.4 Å². The maximum absolute atomic E-state index is 8.88. The summed E-state index contributed by atoms with van der Waals surface area (Å²) in [5.41, 5.74) is 0.523. The minimum absolute atomic E-state index is 0.000741. The first-order valence-electron chi connectivity index (χ1n) is 4.35. The van der Waals surface area contributed by atoms with Crippen LogP contribution < -0.4 is 4.74 Å². The average molecular weight is 211 g/mol. The number of rotatable bonds is 2. The first-order chi connectivity index (χ1) is 7.85. The largest absolute Gasteiger partial charge is 0.417 e. The lowest BCUT2D eigenvalue weighted by molar-refractivity contribution is 0.329. The van der Waals surface area contributed by atoms with Gasteiger partial charge in [0.05, 0.1) is 17.3 Å². The Morgan fingerprint density at radius 1 is 1.19 bits per heavy atom. The van der Waals surface area contributed by atoms with Gasteiger partial charge in [0.25, 0.3) is 0 Å². The molecule has 5 nitrogen and oxygen atoms in total. The summed E-state index contributed by atoms with van der Waals surface area (Å²) in [6.07, 6.45) is 2.76. The summed E-state index contributed by atoms with van der Waals surface area (Å²) in [6, 6.07) is 8.59. The number of oxazole rings is 1. The minimum Gasteiger partial charge on any atom is -0.417 e. The molecule has 1 aromatic heterocycles. The van der Waals surface area contributed by atoms with Gasteiger partial charge in [-0.25, -0.2) is 0 Å². The molecule has 0 fully saturated rings. The third-order valence-electron chi connectivity index (χ3n) is 1.85. The number of nitriles is 2. The van der Waals surface area contributed by atoms with Crippen LogP contribution in [0.5, 0.6) is 11.8 Å². The van der Waals surface area contributed by atoms with E-state index < -0.39 is 0 Å². The highest BCUT2D eigenvalue weighted by Crippen LogP contribution is 2.27. The van der Waals surface area contributed by atoms with Crippen LogP contribution in [-0.4, -0.2) is 4.98 Å². The van der Waals surface area contributed by atoms with Crippen molar-refractivity contribution in [3.8, 4) is 24.0 Å². The van der Waals surface area contributed by atoms with Crippen molar-refractivity contribution in [3.05, 3.63) is 41.8 Å². The van der Waals surface area contributed by atoms with Crippen molar-refractivity contribution in [1.29, 1.82) is 10.5 Å². The molecule has 0 aliphatic rings. The highest BCUT2D eigenvalue weighted by molar-refractivity contribution is 5.54. The van der Waals surface area contributed by atoms with E-state index in [1.165, 1.54) is 12.5 Å². The fourth-order valence-corrected chi connectivity index (χ4v) is 1.17. The van der Waals surface area contributed by atoms with Crippen molar-refractivity contribution in [2.75, 3.05) is 0 Å². The van der Waals surface area contributed by atoms with Gasteiger partial charge in [0, 0.05) is 0 Å². The Morgan fingerprint density at radius 2 is 1.88 bits per heavy atom.